The predicted molar refractivity (Wildman–Crippen MR) is 124 cm³/mol. The number of piperidine rings is 1. The highest BCUT2D eigenvalue weighted by atomic mass is 16.5. The molecule has 4 heterocycles. The Labute approximate surface area is 179 Å². The van der Waals surface area contributed by atoms with E-state index in [0.29, 0.717) is 11.5 Å². The molecule has 2 aromatic heterocycles. The monoisotopic (exact) mass is 408 g/mol. The van der Waals surface area contributed by atoms with Crippen molar-refractivity contribution in [2.45, 2.75) is 65.8 Å². The van der Waals surface area contributed by atoms with E-state index >= 15 is 0 Å². The maximum Gasteiger partial charge on any atom is 0.166 e. The van der Waals surface area contributed by atoms with Gasteiger partial charge in [-0.3, -0.25) is 9.88 Å². The lowest BCUT2D eigenvalue weighted by molar-refractivity contribution is 0.0721. The molecule has 2 fully saturated rings. The van der Waals surface area contributed by atoms with E-state index in [4.69, 9.17) is 9.51 Å². The van der Waals surface area contributed by atoms with E-state index in [1.807, 2.05) is 6.20 Å². The van der Waals surface area contributed by atoms with Crippen LogP contribution in [0.15, 0.2) is 22.9 Å². The number of H-pyrrole nitrogens is 1. The summed E-state index contributed by atoms with van der Waals surface area (Å²) in [5.41, 5.74) is 4.83. The van der Waals surface area contributed by atoms with Gasteiger partial charge in [0.15, 0.2) is 5.58 Å². The van der Waals surface area contributed by atoms with Crippen molar-refractivity contribution in [3.05, 3.63) is 24.0 Å². The Kier molecular flexibility index (Phi) is 4.48. The van der Waals surface area contributed by atoms with Crippen LogP contribution in [0.5, 0.6) is 0 Å². The summed E-state index contributed by atoms with van der Waals surface area (Å²) in [5.74, 6) is 0.854. The number of anilines is 1. The molecule has 0 spiro atoms. The van der Waals surface area contributed by atoms with E-state index in [2.05, 4.69) is 68.6 Å². The van der Waals surface area contributed by atoms with E-state index in [1.165, 1.54) is 42.4 Å². The van der Waals surface area contributed by atoms with E-state index in [9.17, 15) is 0 Å². The third-order valence-corrected chi connectivity index (χ3v) is 7.46. The molecule has 0 saturated carbocycles. The molecule has 0 amide bonds. The van der Waals surface area contributed by atoms with Gasteiger partial charge in [-0.05, 0) is 43.3 Å². The van der Waals surface area contributed by atoms with Crippen molar-refractivity contribution in [3.8, 4) is 0 Å². The van der Waals surface area contributed by atoms with Gasteiger partial charge in [-0.25, -0.2) is 5.16 Å². The largest absolute Gasteiger partial charge is 0.382 e. The second-order valence-corrected chi connectivity index (χ2v) is 11.5. The first kappa shape index (κ1) is 19.9. The summed E-state index contributed by atoms with van der Waals surface area (Å²) < 4.78 is 5.91. The van der Waals surface area contributed by atoms with Gasteiger partial charge in [0.2, 0.25) is 0 Å². The van der Waals surface area contributed by atoms with Gasteiger partial charge >= 0.3 is 0 Å². The number of nitrogens with zero attached hydrogens (tertiary/aromatic N) is 3. The van der Waals surface area contributed by atoms with Crippen LogP contribution < -0.4 is 4.90 Å². The fourth-order valence-electron chi connectivity index (χ4n) is 5.42. The highest BCUT2D eigenvalue weighted by Crippen LogP contribution is 2.41. The molecule has 30 heavy (non-hydrogen) atoms. The van der Waals surface area contributed by atoms with Crippen LogP contribution in [-0.2, 0) is 5.41 Å². The first-order valence-corrected chi connectivity index (χ1v) is 11.5. The molecule has 5 heteroatoms. The average molecular weight is 409 g/mol. The second-order valence-electron chi connectivity index (χ2n) is 11.5. The van der Waals surface area contributed by atoms with Gasteiger partial charge in [-0.2, -0.15) is 0 Å². The predicted octanol–water partition coefficient (Wildman–Crippen LogP) is 5.55. The Morgan fingerprint density at radius 2 is 1.77 bits per heavy atom. The van der Waals surface area contributed by atoms with Crippen molar-refractivity contribution >= 4 is 27.6 Å². The topological polar surface area (TPSA) is 48.3 Å². The number of benzene rings is 1. The van der Waals surface area contributed by atoms with Crippen LogP contribution in [0, 0.1) is 11.3 Å². The van der Waals surface area contributed by atoms with Crippen LogP contribution in [0.1, 0.15) is 60.1 Å². The highest BCUT2D eigenvalue weighted by molar-refractivity contribution is 6.11. The lowest BCUT2D eigenvalue weighted by Gasteiger charge is -2.49. The van der Waals surface area contributed by atoms with Gasteiger partial charge in [-0.1, -0.05) is 41.5 Å². The second kappa shape index (κ2) is 6.74. The zero-order chi connectivity index (χ0) is 21.3. The minimum atomic E-state index is -0.00199. The summed E-state index contributed by atoms with van der Waals surface area (Å²) >= 11 is 0. The summed E-state index contributed by atoms with van der Waals surface area (Å²) in [6, 6.07) is 4.99. The van der Waals surface area contributed by atoms with Crippen LogP contribution >= 0.6 is 0 Å². The number of hydrogen-bond donors (Lipinski definition) is 1. The van der Waals surface area contributed by atoms with E-state index in [0.717, 1.165) is 35.8 Å². The molecule has 0 atom stereocenters. The first-order valence-electron chi connectivity index (χ1n) is 11.5. The molecule has 2 aliphatic rings. The third-order valence-electron chi connectivity index (χ3n) is 7.46. The number of rotatable bonds is 2. The zero-order valence-corrected chi connectivity index (χ0v) is 19.4. The van der Waals surface area contributed by atoms with E-state index < -0.39 is 0 Å². The molecule has 0 radical (unpaired) electrons. The number of nitrogens with one attached hydrogen (secondary N) is 1. The molecule has 1 N–H and O–H groups in total. The number of fused-ring (bicyclic) bond motifs is 3. The molecular formula is C25H36N4O. The highest BCUT2D eigenvalue weighted by Gasteiger charge is 2.37. The van der Waals surface area contributed by atoms with Gasteiger partial charge in [0.05, 0.1) is 22.3 Å². The number of aromatic nitrogens is 2. The van der Waals surface area contributed by atoms with Crippen LogP contribution in [-0.4, -0.2) is 47.3 Å². The van der Waals surface area contributed by atoms with Gasteiger partial charge in [0, 0.05) is 42.2 Å². The quantitative estimate of drug-likeness (QED) is 0.604. The van der Waals surface area contributed by atoms with Crippen molar-refractivity contribution in [1.29, 1.82) is 0 Å². The SMILES string of the molecule is CC(C)(C)c1[nH]oc2cc(N3CC(N4CCC(C(C)(C)C)CC4)C3)c3nccc3c12. The van der Waals surface area contributed by atoms with Crippen LogP contribution in [0.4, 0.5) is 5.69 Å². The molecule has 3 aromatic rings. The maximum absolute atomic E-state index is 5.91. The molecule has 1 aromatic carbocycles. The first-order chi connectivity index (χ1) is 14.1. The number of hydrogen-bond acceptors (Lipinski definition) is 4. The average Bonchev–Trinajstić information content (AvgIpc) is 3.26. The number of aromatic amines is 1. The summed E-state index contributed by atoms with van der Waals surface area (Å²) in [5, 5.41) is 5.57. The van der Waals surface area contributed by atoms with Crippen molar-refractivity contribution in [3.63, 3.8) is 0 Å². The van der Waals surface area contributed by atoms with Crippen LogP contribution in [0.3, 0.4) is 0 Å². The Morgan fingerprint density at radius 3 is 2.40 bits per heavy atom. The summed E-state index contributed by atoms with van der Waals surface area (Å²) in [6.45, 7) is 18.5. The molecule has 2 aliphatic heterocycles. The summed E-state index contributed by atoms with van der Waals surface area (Å²) in [4.78, 5) is 9.93. The lowest BCUT2D eigenvalue weighted by Crippen LogP contribution is -2.61. The van der Waals surface area contributed by atoms with Crippen molar-refractivity contribution in [2.75, 3.05) is 31.1 Å². The molecule has 5 rings (SSSR count). The fourth-order valence-corrected chi connectivity index (χ4v) is 5.42. The smallest absolute Gasteiger partial charge is 0.166 e. The molecule has 2 saturated heterocycles. The van der Waals surface area contributed by atoms with Crippen molar-refractivity contribution in [1.82, 2.24) is 15.0 Å². The van der Waals surface area contributed by atoms with Crippen LogP contribution in [0.2, 0.25) is 0 Å². The molecule has 0 unspecified atom stereocenters. The minimum absolute atomic E-state index is 0.00199. The zero-order valence-electron chi connectivity index (χ0n) is 19.4. The third kappa shape index (κ3) is 3.22. The minimum Gasteiger partial charge on any atom is -0.382 e. The van der Waals surface area contributed by atoms with E-state index in [-0.39, 0.29) is 5.41 Å². The summed E-state index contributed by atoms with van der Waals surface area (Å²) in [7, 11) is 0. The Bertz CT molecular complexity index is 1050. The maximum atomic E-state index is 5.91. The van der Waals surface area contributed by atoms with Crippen LogP contribution in [0.25, 0.3) is 21.9 Å². The van der Waals surface area contributed by atoms with Gasteiger partial charge in [-0.15, -0.1) is 0 Å². The number of likely N-dealkylation sites (tertiary alicyclic amines) is 1. The summed E-state index contributed by atoms with van der Waals surface area (Å²) in [6.07, 6.45) is 4.60. The standard InChI is InChI=1S/C25H36N4O/c1-24(2,3)16-8-11-28(12-9-16)17-14-29(15-17)19-13-20-21(18-7-10-26-22(18)19)23(27-30-20)25(4,5)6/h7,10,13,16-17,27H,8-9,11-12,14-15H2,1-6H3. The Morgan fingerprint density at radius 1 is 1.07 bits per heavy atom. The Hall–Kier alpha value is -2.01. The molecule has 0 aliphatic carbocycles. The van der Waals surface area contributed by atoms with Gasteiger partial charge < -0.3 is 9.42 Å². The Balaban J connectivity index is 1.36. The fraction of sp³-hybridized carbons (Fsp3) is 0.640. The van der Waals surface area contributed by atoms with Crippen molar-refractivity contribution < 1.29 is 4.52 Å². The normalized spacial score (nSPS) is 20.4. The molecule has 5 nitrogen and oxygen atoms in total. The van der Waals surface area contributed by atoms with Gasteiger partial charge in [0.25, 0.3) is 0 Å². The van der Waals surface area contributed by atoms with E-state index in [1.54, 1.807) is 0 Å². The van der Waals surface area contributed by atoms with Crippen molar-refractivity contribution in [2.24, 2.45) is 11.3 Å². The molecule has 162 valence electrons. The molecule has 0 bridgehead atoms. The molecular weight excluding hydrogens is 372 g/mol. The lowest BCUT2D eigenvalue weighted by atomic mass is 9.75. The van der Waals surface area contributed by atoms with Gasteiger partial charge in [0.1, 0.15) is 0 Å².